The average molecular weight is 225 g/mol. The molecular formula is C13H23NS. The molecule has 2 rings (SSSR count). The van der Waals surface area contributed by atoms with Crippen molar-refractivity contribution in [3.05, 3.63) is 22.8 Å². The Bertz CT molecular complexity index is 253. The third kappa shape index (κ3) is 3.60. The zero-order valence-electron chi connectivity index (χ0n) is 10.3. The first-order valence-corrected chi connectivity index (χ1v) is 6.96. The number of rotatable bonds is 2. The van der Waals surface area contributed by atoms with Crippen LogP contribution >= 0.6 is 11.8 Å². The van der Waals surface area contributed by atoms with Gasteiger partial charge in [0.05, 0.1) is 5.37 Å². The van der Waals surface area contributed by atoms with Crippen molar-refractivity contribution in [3.8, 4) is 0 Å². The van der Waals surface area contributed by atoms with Gasteiger partial charge >= 0.3 is 0 Å². The maximum atomic E-state index is 3.62. The molecule has 0 saturated carbocycles. The van der Waals surface area contributed by atoms with Crippen LogP contribution < -0.4 is 5.32 Å². The fraction of sp³-hybridized carbons (Fsp3) is 0.692. The zero-order valence-corrected chi connectivity index (χ0v) is 11.2. The van der Waals surface area contributed by atoms with Crippen molar-refractivity contribution in [2.45, 2.75) is 52.3 Å². The quantitative estimate of drug-likeness (QED) is 0.752. The number of allylic oxidation sites excluding steroid dienone is 3. The molecule has 0 aromatic heterocycles. The molecule has 0 aromatic rings. The Morgan fingerprint density at radius 2 is 2.20 bits per heavy atom. The van der Waals surface area contributed by atoms with E-state index in [9.17, 15) is 0 Å². The van der Waals surface area contributed by atoms with Gasteiger partial charge in [-0.2, -0.15) is 0 Å². The van der Waals surface area contributed by atoms with Gasteiger partial charge in [-0.25, -0.2) is 0 Å². The summed E-state index contributed by atoms with van der Waals surface area (Å²) in [5.41, 5.74) is 1.48. The van der Waals surface area contributed by atoms with E-state index < -0.39 is 0 Å². The normalized spacial score (nSPS) is 23.4. The molecule has 0 fully saturated rings. The Morgan fingerprint density at radius 1 is 1.47 bits per heavy atom. The van der Waals surface area contributed by atoms with Crippen molar-refractivity contribution in [2.24, 2.45) is 5.92 Å². The van der Waals surface area contributed by atoms with E-state index >= 15 is 0 Å². The molecule has 0 aromatic carbocycles. The van der Waals surface area contributed by atoms with Gasteiger partial charge in [0.2, 0.25) is 0 Å². The molecule has 1 aliphatic carbocycles. The second kappa shape index (κ2) is 6.26. The highest BCUT2D eigenvalue weighted by molar-refractivity contribution is 8.04. The fourth-order valence-corrected chi connectivity index (χ4v) is 3.27. The predicted octanol–water partition coefficient (Wildman–Crippen LogP) is 4.28. The second-order valence-electron chi connectivity index (χ2n) is 4.16. The fourth-order valence-electron chi connectivity index (χ4n) is 1.81. The average Bonchev–Trinajstić information content (AvgIpc) is 2.61. The van der Waals surface area contributed by atoms with Gasteiger partial charge in [-0.15, -0.1) is 0 Å². The summed E-state index contributed by atoms with van der Waals surface area (Å²) in [4.78, 5) is 1.48. The Labute approximate surface area is 98.4 Å². The molecule has 15 heavy (non-hydrogen) atoms. The van der Waals surface area contributed by atoms with E-state index in [0.29, 0.717) is 5.37 Å². The van der Waals surface area contributed by atoms with E-state index in [0.717, 1.165) is 5.92 Å². The molecule has 1 atom stereocenters. The third-order valence-corrected chi connectivity index (χ3v) is 3.65. The predicted molar refractivity (Wildman–Crippen MR) is 70.7 cm³/mol. The maximum Gasteiger partial charge on any atom is 0.0769 e. The van der Waals surface area contributed by atoms with Crippen LogP contribution in [-0.4, -0.2) is 5.37 Å². The molecule has 0 amide bonds. The first-order chi connectivity index (χ1) is 7.25. The lowest BCUT2D eigenvalue weighted by molar-refractivity contribution is 0.537. The lowest BCUT2D eigenvalue weighted by atomic mass is 10.1. The van der Waals surface area contributed by atoms with Crippen molar-refractivity contribution in [3.63, 3.8) is 0 Å². The number of nitrogens with one attached hydrogen (secondary N) is 1. The first-order valence-electron chi connectivity index (χ1n) is 6.08. The Morgan fingerprint density at radius 3 is 2.80 bits per heavy atom. The summed E-state index contributed by atoms with van der Waals surface area (Å²) in [6, 6.07) is 0. The molecule has 1 nitrogen and oxygen atoms in total. The van der Waals surface area contributed by atoms with Crippen molar-refractivity contribution >= 4 is 11.8 Å². The highest BCUT2D eigenvalue weighted by Crippen LogP contribution is 2.37. The summed E-state index contributed by atoms with van der Waals surface area (Å²) in [7, 11) is 0. The number of thioether (sulfide) groups is 1. The molecule has 1 heterocycles. The van der Waals surface area contributed by atoms with Gasteiger partial charge in [-0.05, 0) is 25.2 Å². The molecule has 0 bridgehead atoms. The molecule has 2 heteroatoms. The molecule has 1 aliphatic heterocycles. The van der Waals surface area contributed by atoms with Crippen LogP contribution in [0.1, 0.15) is 47.0 Å². The van der Waals surface area contributed by atoms with E-state index in [1.165, 1.54) is 29.9 Å². The highest BCUT2D eigenvalue weighted by Gasteiger charge is 2.23. The summed E-state index contributed by atoms with van der Waals surface area (Å²) < 4.78 is 0. The van der Waals surface area contributed by atoms with E-state index in [2.05, 4.69) is 31.3 Å². The standard InChI is InChI=1S/C11H17NS.C2H6/c1-8(2)7-11-12-9-5-3-4-6-10(9)13-11;1-2/h4,6,8,11-12H,3,5,7H2,1-2H3;1-2H3. The minimum Gasteiger partial charge on any atom is -0.375 e. The van der Waals surface area contributed by atoms with Crippen LogP contribution in [0.15, 0.2) is 22.8 Å². The lowest BCUT2D eigenvalue weighted by Crippen LogP contribution is -2.22. The smallest absolute Gasteiger partial charge is 0.0769 e. The molecule has 0 saturated heterocycles. The van der Waals surface area contributed by atoms with Crippen LogP contribution in [0.25, 0.3) is 0 Å². The van der Waals surface area contributed by atoms with Crippen molar-refractivity contribution in [2.75, 3.05) is 0 Å². The molecule has 0 radical (unpaired) electrons. The molecule has 1 unspecified atom stereocenters. The third-order valence-electron chi connectivity index (χ3n) is 2.42. The van der Waals surface area contributed by atoms with Gasteiger partial charge in [0.25, 0.3) is 0 Å². The molecule has 2 aliphatic rings. The highest BCUT2D eigenvalue weighted by atomic mass is 32.2. The summed E-state index contributed by atoms with van der Waals surface area (Å²) in [5.74, 6) is 0.787. The topological polar surface area (TPSA) is 12.0 Å². The monoisotopic (exact) mass is 225 g/mol. The van der Waals surface area contributed by atoms with Crippen molar-refractivity contribution in [1.29, 1.82) is 0 Å². The minimum absolute atomic E-state index is 0.632. The van der Waals surface area contributed by atoms with Crippen LogP contribution in [0, 0.1) is 5.92 Å². The van der Waals surface area contributed by atoms with Gasteiger partial charge in [-0.1, -0.05) is 51.6 Å². The first kappa shape index (κ1) is 12.7. The van der Waals surface area contributed by atoms with E-state index in [1.807, 2.05) is 25.6 Å². The Kier molecular flexibility index (Phi) is 5.30. The molecule has 0 spiro atoms. The number of hydrogen-bond donors (Lipinski definition) is 1. The largest absolute Gasteiger partial charge is 0.375 e. The van der Waals surface area contributed by atoms with Crippen LogP contribution in [0.2, 0.25) is 0 Å². The van der Waals surface area contributed by atoms with Crippen LogP contribution in [-0.2, 0) is 0 Å². The lowest BCUT2D eigenvalue weighted by Gasteiger charge is -2.14. The Hall–Kier alpha value is -0.370. The molecule has 86 valence electrons. The van der Waals surface area contributed by atoms with E-state index in [1.54, 1.807) is 0 Å². The van der Waals surface area contributed by atoms with Gasteiger partial charge in [-0.3, -0.25) is 0 Å². The maximum absolute atomic E-state index is 3.62. The summed E-state index contributed by atoms with van der Waals surface area (Å²) >= 11 is 2.00. The summed E-state index contributed by atoms with van der Waals surface area (Å²) in [6.45, 7) is 8.57. The zero-order chi connectivity index (χ0) is 11.3. The Balaban J connectivity index is 0.000000531. The number of hydrogen-bond acceptors (Lipinski definition) is 2. The van der Waals surface area contributed by atoms with E-state index in [-0.39, 0.29) is 0 Å². The van der Waals surface area contributed by atoms with Crippen molar-refractivity contribution < 1.29 is 0 Å². The van der Waals surface area contributed by atoms with Gasteiger partial charge in [0.1, 0.15) is 0 Å². The van der Waals surface area contributed by atoms with Crippen LogP contribution in [0.4, 0.5) is 0 Å². The molecule has 1 N–H and O–H groups in total. The SMILES string of the molecule is CC.CC(C)CC1NC2=C(C=CCC2)S1. The minimum atomic E-state index is 0.632. The molecular weight excluding hydrogens is 202 g/mol. The summed E-state index contributed by atoms with van der Waals surface area (Å²) in [6.07, 6.45) is 8.25. The van der Waals surface area contributed by atoms with Crippen LogP contribution in [0.5, 0.6) is 0 Å². The van der Waals surface area contributed by atoms with E-state index in [4.69, 9.17) is 0 Å². The van der Waals surface area contributed by atoms with Gasteiger partial charge in [0, 0.05) is 10.6 Å². The van der Waals surface area contributed by atoms with Crippen LogP contribution in [0.3, 0.4) is 0 Å². The van der Waals surface area contributed by atoms with Crippen molar-refractivity contribution in [1.82, 2.24) is 5.32 Å². The van der Waals surface area contributed by atoms with Gasteiger partial charge < -0.3 is 5.32 Å². The summed E-state index contributed by atoms with van der Waals surface area (Å²) in [5, 5.41) is 4.25. The van der Waals surface area contributed by atoms with Gasteiger partial charge in [0.15, 0.2) is 0 Å². The second-order valence-corrected chi connectivity index (χ2v) is 5.41.